The lowest BCUT2D eigenvalue weighted by Gasteiger charge is -2.15. The molecule has 0 radical (unpaired) electrons. The largest absolute Gasteiger partial charge is 0.490 e. The molecule has 0 fully saturated rings. The Hall–Kier alpha value is -1.79. The SMILES string of the molecule is CC(COc1cc(Cl)ccc1Cl)Nc1ncnc(N)n1. The molecule has 1 heterocycles. The normalized spacial score (nSPS) is 11.9. The monoisotopic (exact) mass is 313 g/mol. The van der Waals surface area contributed by atoms with Crippen LogP contribution in [0.15, 0.2) is 24.5 Å². The summed E-state index contributed by atoms with van der Waals surface area (Å²) < 4.78 is 5.60. The molecule has 1 aromatic carbocycles. The number of benzene rings is 1. The predicted molar refractivity (Wildman–Crippen MR) is 79.3 cm³/mol. The molecule has 0 saturated carbocycles. The van der Waals surface area contributed by atoms with Crippen LogP contribution < -0.4 is 15.8 Å². The summed E-state index contributed by atoms with van der Waals surface area (Å²) in [5.41, 5.74) is 5.47. The maximum absolute atomic E-state index is 6.01. The number of aromatic nitrogens is 3. The number of nitrogen functional groups attached to an aromatic ring is 1. The molecule has 1 atom stereocenters. The summed E-state index contributed by atoms with van der Waals surface area (Å²) in [6.07, 6.45) is 1.34. The summed E-state index contributed by atoms with van der Waals surface area (Å²) in [6, 6.07) is 5.00. The van der Waals surface area contributed by atoms with Gasteiger partial charge in [0, 0.05) is 11.1 Å². The Kier molecular flexibility index (Phi) is 4.81. The lowest BCUT2D eigenvalue weighted by atomic mass is 10.3. The van der Waals surface area contributed by atoms with Crippen LogP contribution in [0.25, 0.3) is 0 Å². The maximum Gasteiger partial charge on any atom is 0.227 e. The Labute approximate surface area is 126 Å². The van der Waals surface area contributed by atoms with Crippen LogP contribution >= 0.6 is 23.2 Å². The summed E-state index contributed by atoms with van der Waals surface area (Å²) in [4.78, 5) is 11.6. The highest BCUT2D eigenvalue weighted by Crippen LogP contribution is 2.27. The van der Waals surface area contributed by atoms with Gasteiger partial charge in [0.2, 0.25) is 11.9 Å². The van der Waals surface area contributed by atoms with Crippen molar-refractivity contribution in [2.75, 3.05) is 17.7 Å². The number of nitrogens with two attached hydrogens (primary N) is 1. The van der Waals surface area contributed by atoms with E-state index in [4.69, 9.17) is 33.7 Å². The van der Waals surface area contributed by atoms with Gasteiger partial charge in [-0.3, -0.25) is 0 Å². The van der Waals surface area contributed by atoms with Crippen LogP contribution in [-0.2, 0) is 0 Å². The van der Waals surface area contributed by atoms with E-state index >= 15 is 0 Å². The first kappa shape index (κ1) is 14.6. The highest BCUT2D eigenvalue weighted by molar-refractivity contribution is 6.34. The van der Waals surface area contributed by atoms with Crippen molar-refractivity contribution in [2.45, 2.75) is 13.0 Å². The quantitative estimate of drug-likeness (QED) is 0.882. The summed E-state index contributed by atoms with van der Waals surface area (Å²) in [5, 5.41) is 4.11. The molecule has 20 heavy (non-hydrogen) atoms. The fourth-order valence-electron chi connectivity index (χ4n) is 1.44. The van der Waals surface area contributed by atoms with Crippen molar-refractivity contribution in [1.82, 2.24) is 15.0 Å². The molecule has 0 aliphatic carbocycles. The van der Waals surface area contributed by atoms with Gasteiger partial charge in [0.05, 0.1) is 11.1 Å². The number of ether oxygens (including phenoxy) is 1. The Balaban J connectivity index is 1.92. The first-order valence-electron chi connectivity index (χ1n) is 5.83. The molecule has 2 aromatic rings. The second-order valence-electron chi connectivity index (χ2n) is 4.10. The Bertz CT molecular complexity index is 596. The highest BCUT2D eigenvalue weighted by Gasteiger charge is 2.08. The Morgan fingerprint density at radius 2 is 2.15 bits per heavy atom. The van der Waals surface area contributed by atoms with Crippen molar-refractivity contribution in [3.63, 3.8) is 0 Å². The highest BCUT2D eigenvalue weighted by atomic mass is 35.5. The van der Waals surface area contributed by atoms with Gasteiger partial charge in [0.1, 0.15) is 18.7 Å². The van der Waals surface area contributed by atoms with Crippen LogP contribution in [-0.4, -0.2) is 27.6 Å². The van der Waals surface area contributed by atoms with Gasteiger partial charge in [-0.2, -0.15) is 4.98 Å². The number of nitrogens with one attached hydrogen (secondary N) is 1. The van der Waals surface area contributed by atoms with Crippen LogP contribution in [0, 0.1) is 0 Å². The van der Waals surface area contributed by atoms with Crippen LogP contribution in [0.4, 0.5) is 11.9 Å². The lowest BCUT2D eigenvalue weighted by Crippen LogP contribution is -2.25. The minimum Gasteiger partial charge on any atom is -0.490 e. The molecule has 1 unspecified atom stereocenters. The van der Waals surface area contributed by atoms with Gasteiger partial charge >= 0.3 is 0 Å². The molecule has 0 spiro atoms. The van der Waals surface area contributed by atoms with E-state index in [1.54, 1.807) is 18.2 Å². The number of halogens is 2. The Morgan fingerprint density at radius 1 is 1.35 bits per heavy atom. The standard InChI is InChI=1S/C12H13Cl2N5O/c1-7(18-12-17-6-16-11(15)19-12)5-20-10-4-8(13)2-3-9(10)14/h2-4,6-7H,5H2,1H3,(H3,15,16,17,18,19). The molecule has 3 N–H and O–H groups in total. The lowest BCUT2D eigenvalue weighted by molar-refractivity contribution is 0.303. The third kappa shape index (κ3) is 4.11. The van der Waals surface area contributed by atoms with Crippen molar-refractivity contribution < 1.29 is 4.74 Å². The molecule has 1 aromatic heterocycles. The third-order valence-electron chi connectivity index (χ3n) is 2.35. The van der Waals surface area contributed by atoms with Crippen molar-refractivity contribution >= 4 is 35.1 Å². The maximum atomic E-state index is 6.01. The molecule has 0 aliphatic rings. The molecule has 2 rings (SSSR count). The van der Waals surface area contributed by atoms with Gasteiger partial charge in [0.15, 0.2) is 0 Å². The molecule has 0 amide bonds. The first-order chi connectivity index (χ1) is 9.54. The van der Waals surface area contributed by atoms with Gasteiger partial charge in [-0.25, -0.2) is 9.97 Å². The number of anilines is 2. The zero-order chi connectivity index (χ0) is 14.5. The van der Waals surface area contributed by atoms with Crippen LogP contribution in [0.2, 0.25) is 10.0 Å². The fraction of sp³-hybridized carbons (Fsp3) is 0.250. The predicted octanol–water partition coefficient (Wildman–Crippen LogP) is 2.64. The van der Waals surface area contributed by atoms with Crippen LogP contribution in [0.3, 0.4) is 0 Å². The average molecular weight is 314 g/mol. The summed E-state index contributed by atoms with van der Waals surface area (Å²) >= 11 is 11.9. The van der Waals surface area contributed by atoms with Crippen molar-refractivity contribution in [1.29, 1.82) is 0 Å². The van der Waals surface area contributed by atoms with Crippen LogP contribution in [0.1, 0.15) is 6.92 Å². The topological polar surface area (TPSA) is 86.0 Å². The third-order valence-corrected chi connectivity index (χ3v) is 2.90. The minimum absolute atomic E-state index is 0.0492. The van der Waals surface area contributed by atoms with E-state index in [0.717, 1.165) is 0 Å². The van der Waals surface area contributed by atoms with Gasteiger partial charge in [-0.15, -0.1) is 0 Å². The van der Waals surface area contributed by atoms with E-state index in [1.165, 1.54) is 6.33 Å². The molecule has 0 bridgehead atoms. The molecule has 8 heteroatoms. The summed E-state index contributed by atoms with van der Waals surface area (Å²) in [5.74, 6) is 1.09. The van der Waals surface area contributed by atoms with E-state index < -0.39 is 0 Å². The Morgan fingerprint density at radius 3 is 2.90 bits per heavy atom. The van der Waals surface area contributed by atoms with E-state index in [9.17, 15) is 0 Å². The fourth-order valence-corrected chi connectivity index (χ4v) is 1.78. The molecule has 6 nitrogen and oxygen atoms in total. The number of hydrogen-bond acceptors (Lipinski definition) is 6. The molecule has 106 valence electrons. The second kappa shape index (κ2) is 6.58. The number of rotatable bonds is 5. The zero-order valence-electron chi connectivity index (χ0n) is 10.7. The number of nitrogens with zero attached hydrogens (tertiary/aromatic N) is 3. The summed E-state index contributed by atoms with van der Waals surface area (Å²) in [7, 11) is 0. The zero-order valence-corrected chi connectivity index (χ0v) is 12.2. The van der Waals surface area contributed by atoms with Gasteiger partial charge in [-0.05, 0) is 19.1 Å². The molecular weight excluding hydrogens is 301 g/mol. The summed E-state index contributed by atoms with van der Waals surface area (Å²) in [6.45, 7) is 2.28. The van der Waals surface area contributed by atoms with Crippen LogP contribution in [0.5, 0.6) is 5.75 Å². The smallest absolute Gasteiger partial charge is 0.227 e. The van der Waals surface area contributed by atoms with E-state index in [0.29, 0.717) is 28.3 Å². The number of hydrogen-bond donors (Lipinski definition) is 2. The molecular formula is C12H13Cl2N5O. The second-order valence-corrected chi connectivity index (χ2v) is 4.94. The van der Waals surface area contributed by atoms with Crippen molar-refractivity contribution in [3.8, 4) is 5.75 Å². The van der Waals surface area contributed by atoms with Gasteiger partial charge in [0.25, 0.3) is 0 Å². The van der Waals surface area contributed by atoms with E-state index in [1.807, 2.05) is 6.92 Å². The minimum atomic E-state index is -0.0492. The van der Waals surface area contributed by atoms with Crippen molar-refractivity contribution in [3.05, 3.63) is 34.6 Å². The van der Waals surface area contributed by atoms with E-state index in [-0.39, 0.29) is 12.0 Å². The van der Waals surface area contributed by atoms with Crippen molar-refractivity contribution in [2.24, 2.45) is 0 Å². The molecule has 0 aliphatic heterocycles. The van der Waals surface area contributed by atoms with E-state index in [2.05, 4.69) is 20.3 Å². The first-order valence-corrected chi connectivity index (χ1v) is 6.59. The average Bonchev–Trinajstić information content (AvgIpc) is 2.40. The van der Waals surface area contributed by atoms with Gasteiger partial charge < -0.3 is 15.8 Å². The van der Waals surface area contributed by atoms with Gasteiger partial charge in [-0.1, -0.05) is 23.2 Å². The molecule has 0 saturated heterocycles.